The van der Waals surface area contributed by atoms with Crippen LogP contribution in [0, 0.1) is 5.92 Å². The molecule has 3 heterocycles. The predicted octanol–water partition coefficient (Wildman–Crippen LogP) is 4.06. The van der Waals surface area contributed by atoms with Crippen LogP contribution in [0.1, 0.15) is 42.9 Å². The number of pyridine rings is 1. The van der Waals surface area contributed by atoms with Crippen molar-refractivity contribution in [2.24, 2.45) is 5.92 Å². The van der Waals surface area contributed by atoms with Gasteiger partial charge in [-0.15, -0.1) is 5.10 Å². The number of aromatic nitrogens is 3. The first-order valence-electron chi connectivity index (χ1n) is 9.24. The first-order chi connectivity index (χ1) is 13.0. The number of anilines is 1. The number of rotatable bonds is 5. The zero-order valence-electron chi connectivity index (χ0n) is 14.8. The number of hydrogen-bond donors (Lipinski definition) is 0. The molecular weight excluding hydrogens is 357 g/mol. The monoisotopic (exact) mass is 378 g/mol. The first kappa shape index (κ1) is 18.0. The molecule has 144 valence electrons. The van der Waals surface area contributed by atoms with Crippen molar-refractivity contribution in [3.05, 3.63) is 41.7 Å². The lowest BCUT2D eigenvalue weighted by Gasteiger charge is -2.33. The van der Waals surface area contributed by atoms with Gasteiger partial charge in [0.25, 0.3) is 0 Å². The summed E-state index contributed by atoms with van der Waals surface area (Å²) in [5.41, 5.74) is 0.345. The molecule has 5 nitrogen and oxygen atoms in total. The summed E-state index contributed by atoms with van der Waals surface area (Å²) in [5.74, 6) is 1.37. The molecule has 2 fully saturated rings. The normalized spacial score (nSPS) is 18.6. The van der Waals surface area contributed by atoms with Crippen LogP contribution in [0.2, 0.25) is 0 Å². The van der Waals surface area contributed by atoms with E-state index in [1.54, 1.807) is 4.90 Å². The molecule has 0 unspecified atom stereocenters. The van der Waals surface area contributed by atoms with Crippen molar-refractivity contribution in [1.29, 1.82) is 0 Å². The third kappa shape index (κ3) is 4.31. The zero-order chi connectivity index (χ0) is 18.9. The molecule has 0 aromatic carbocycles. The van der Waals surface area contributed by atoms with Gasteiger partial charge in [-0.25, -0.2) is 4.98 Å². The minimum atomic E-state index is -4.39. The fraction of sp³-hybridized carbons (Fsp3) is 0.526. The Bertz CT molecular complexity index is 769. The number of halogens is 3. The van der Waals surface area contributed by atoms with Gasteiger partial charge in [-0.1, -0.05) is 0 Å². The molecule has 0 N–H and O–H groups in total. The lowest BCUT2D eigenvalue weighted by molar-refractivity contribution is -0.137. The van der Waals surface area contributed by atoms with E-state index in [0.717, 1.165) is 24.6 Å². The van der Waals surface area contributed by atoms with E-state index < -0.39 is 11.7 Å². The van der Waals surface area contributed by atoms with Gasteiger partial charge in [-0.3, -0.25) is 0 Å². The Balaban J connectivity index is 1.30. The maximum absolute atomic E-state index is 13.2. The Morgan fingerprint density at radius 2 is 1.81 bits per heavy atom. The van der Waals surface area contributed by atoms with E-state index in [9.17, 15) is 13.2 Å². The van der Waals surface area contributed by atoms with Crippen molar-refractivity contribution in [3.8, 4) is 5.88 Å². The van der Waals surface area contributed by atoms with E-state index >= 15 is 0 Å². The van der Waals surface area contributed by atoms with Crippen molar-refractivity contribution in [3.63, 3.8) is 0 Å². The second kappa shape index (κ2) is 7.32. The molecule has 0 radical (unpaired) electrons. The second-order valence-electron chi connectivity index (χ2n) is 7.18. The van der Waals surface area contributed by atoms with Gasteiger partial charge in [0, 0.05) is 31.3 Å². The molecule has 1 aliphatic heterocycles. The number of piperidine rings is 1. The summed E-state index contributed by atoms with van der Waals surface area (Å²) in [5, 5.41) is 8.30. The highest BCUT2D eigenvalue weighted by Crippen LogP contribution is 2.39. The maximum Gasteiger partial charge on any atom is 0.419 e. The van der Waals surface area contributed by atoms with E-state index in [1.165, 1.54) is 25.1 Å². The van der Waals surface area contributed by atoms with E-state index in [2.05, 4.69) is 15.2 Å². The number of ether oxygens (including phenoxy) is 1. The first-order valence-corrected chi connectivity index (χ1v) is 9.24. The van der Waals surface area contributed by atoms with Crippen LogP contribution in [0.5, 0.6) is 5.88 Å². The van der Waals surface area contributed by atoms with Crippen LogP contribution in [-0.2, 0) is 6.18 Å². The molecule has 0 bridgehead atoms. The van der Waals surface area contributed by atoms with Gasteiger partial charge >= 0.3 is 6.18 Å². The van der Waals surface area contributed by atoms with Gasteiger partial charge < -0.3 is 9.64 Å². The average molecular weight is 378 g/mol. The quantitative estimate of drug-likeness (QED) is 0.785. The summed E-state index contributed by atoms with van der Waals surface area (Å²) < 4.78 is 45.2. The topological polar surface area (TPSA) is 51.1 Å². The second-order valence-corrected chi connectivity index (χ2v) is 7.18. The molecule has 1 saturated heterocycles. The molecule has 2 aromatic rings. The maximum atomic E-state index is 13.2. The predicted molar refractivity (Wildman–Crippen MR) is 93.7 cm³/mol. The molecule has 1 saturated carbocycles. The van der Waals surface area contributed by atoms with Gasteiger partial charge in [0.1, 0.15) is 5.82 Å². The molecule has 0 spiro atoms. The molecule has 0 amide bonds. The number of nitrogens with zero attached hydrogens (tertiary/aromatic N) is 4. The summed E-state index contributed by atoms with van der Waals surface area (Å²) in [6, 6.07) is 6.21. The van der Waals surface area contributed by atoms with Gasteiger partial charge in [0.05, 0.1) is 17.9 Å². The summed E-state index contributed by atoms with van der Waals surface area (Å²) in [4.78, 5) is 5.68. The van der Waals surface area contributed by atoms with Crippen LogP contribution in [0.3, 0.4) is 0 Å². The molecule has 0 atom stereocenters. The highest BCUT2D eigenvalue weighted by atomic mass is 19.4. The minimum Gasteiger partial charge on any atom is -0.476 e. The van der Waals surface area contributed by atoms with E-state index in [4.69, 9.17) is 4.74 Å². The van der Waals surface area contributed by atoms with Crippen molar-refractivity contribution in [2.45, 2.75) is 37.8 Å². The van der Waals surface area contributed by atoms with Gasteiger partial charge in [-0.05, 0) is 49.8 Å². The Kier molecular flexibility index (Phi) is 4.88. The van der Waals surface area contributed by atoms with Crippen LogP contribution in [-0.4, -0.2) is 34.9 Å². The molecular formula is C19H21F3N4O. The highest BCUT2D eigenvalue weighted by molar-refractivity contribution is 5.48. The Hall–Kier alpha value is -2.38. The lowest BCUT2D eigenvalue weighted by Crippen LogP contribution is -2.37. The lowest BCUT2D eigenvalue weighted by atomic mass is 9.97. The third-order valence-electron chi connectivity index (χ3n) is 5.13. The van der Waals surface area contributed by atoms with E-state index in [0.29, 0.717) is 31.5 Å². The van der Waals surface area contributed by atoms with Crippen LogP contribution in [0.15, 0.2) is 30.5 Å². The van der Waals surface area contributed by atoms with Crippen LogP contribution in [0.25, 0.3) is 0 Å². The Labute approximate surface area is 155 Å². The molecule has 2 aromatic heterocycles. The SMILES string of the molecule is FC(F)(F)c1cccnc1N1CCC(COc2ccc(C3CC3)nn2)CC1. The number of alkyl halides is 3. The van der Waals surface area contributed by atoms with Gasteiger partial charge in [0.2, 0.25) is 5.88 Å². The van der Waals surface area contributed by atoms with Crippen LogP contribution < -0.4 is 9.64 Å². The number of hydrogen-bond acceptors (Lipinski definition) is 5. The minimum absolute atomic E-state index is 0.0194. The van der Waals surface area contributed by atoms with Gasteiger partial charge in [0.15, 0.2) is 0 Å². The molecule has 1 aliphatic carbocycles. The average Bonchev–Trinajstić information content (AvgIpc) is 3.52. The third-order valence-corrected chi connectivity index (χ3v) is 5.13. The van der Waals surface area contributed by atoms with Crippen molar-refractivity contribution in [2.75, 3.05) is 24.6 Å². The summed E-state index contributed by atoms with van der Waals surface area (Å²) in [6.07, 6.45) is 0.876. The van der Waals surface area contributed by atoms with Crippen molar-refractivity contribution < 1.29 is 17.9 Å². The van der Waals surface area contributed by atoms with Crippen LogP contribution in [0.4, 0.5) is 19.0 Å². The summed E-state index contributed by atoms with van der Waals surface area (Å²) in [6.45, 7) is 1.56. The van der Waals surface area contributed by atoms with E-state index in [1.807, 2.05) is 12.1 Å². The van der Waals surface area contributed by atoms with Crippen molar-refractivity contribution >= 4 is 5.82 Å². The Morgan fingerprint density at radius 3 is 2.44 bits per heavy atom. The van der Waals surface area contributed by atoms with Crippen LogP contribution >= 0.6 is 0 Å². The fourth-order valence-corrected chi connectivity index (χ4v) is 3.39. The molecule has 4 rings (SSSR count). The summed E-state index contributed by atoms with van der Waals surface area (Å²) in [7, 11) is 0. The standard InChI is InChI=1S/C19H21F3N4O/c20-19(21,22)15-2-1-9-23-18(15)26-10-7-13(8-11-26)12-27-17-6-5-16(24-25-17)14-3-4-14/h1-2,5-6,9,13-14H,3-4,7-8,10-12H2. The smallest absolute Gasteiger partial charge is 0.419 e. The molecule has 27 heavy (non-hydrogen) atoms. The Morgan fingerprint density at radius 1 is 1.04 bits per heavy atom. The van der Waals surface area contributed by atoms with Gasteiger partial charge in [-0.2, -0.15) is 18.3 Å². The van der Waals surface area contributed by atoms with E-state index in [-0.39, 0.29) is 11.7 Å². The molecule has 8 heteroatoms. The van der Waals surface area contributed by atoms with Crippen molar-refractivity contribution in [1.82, 2.24) is 15.2 Å². The zero-order valence-corrected chi connectivity index (χ0v) is 14.8. The largest absolute Gasteiger partial charge is 0.476 e. The molecule has 2 aliphatic rings. The fourth-order valence-electron chi connectivity index (χ4n) is 3.39. The summed E-state index contributed by atoms with van der Waals surface area (Å²) >= 11 is 0. The highest BCUT2D eigenvalue weighted by Gasteiger charge is 2.36.